The van der Waals surface area contributed by atoms with Gasteiger partial charge in [0.15, 0.2) is 0 Å². The number of ether oxygens (including phenoxy) is 1. The third kappa shape index (κ3) is 5.04. The zero-order valence-electron chi connectivity index (χ0n) is 10.3. The Bertz CT molecular complexity index is 346. The molecule has 0 spiro atoms. The summed E-state index contributed by atoms with van der Waals surface area (Å²) in [5.41, 5.74) is 0.674. The summed E-state index contributed by atoms with van der Waals surface area (Å²) in [6.07, 6.45) is 2.16. The number of hydrogen-bond acceptors (Lipinski definition) is 2. The van der Waals surface area contributed by atoms with Crippen molar-refractivity contribution in [2.45, 2.75) is 31.1 Å². The molecule has 4 heteroatoms. The molecule has 0 fully saturated rings. The molecule has 1 rings (SSSR count). The second-order valence-corrected chi connectivity index (χ2v) is 5.22. The predicted molar refractivity (Wildman–Crippen MR) is 72.3 cm³/mol. The van der Waals surface area contributed by atoms with Gasteiger partial charge < -0.3 is 10.1 Å². The van der Waals surface area contributed by atoms with Crippen molar-refractivity contribution in [1.29, 1.82) is 0 Å². The van der Waals surface area contributed by atoms with E-state index in [4.69, 9.17) is 4.74 Å². The molecule has 0 heterocycles. The first kappa shape index (κ1) is 14.5. The standard InChI is InChI=1S/C13H19BrFNO/c1-3-11(14)6-7-16-9-10-4-5-12(17-2)8-13(10)15/h4-5,8,11,16H,3,6-7,9H2,1-2H3. The lowest BCUT2D eigenvalue weighted by atomic mass is 10.2. The van der Waals surface area contributed by atoms with E-state index < -0.39 is 0 Å². The minimum absolute atomic E-state index is 0.220. The molecule has 96 valence electrons. The highest BCUT2D eigenvalue weighted by Crippen LogP contribution is 2.16. The molecule has 2 nitrogen and oxygen atoms in total. The minimum Gasteiger partial charge on any atom is -0.497 e. The second kappa shape index (κ2) is 7.67. The van der Waals surface area contributed by atoms with Gasteiger partial charge in [0, 0.05) is 23.0 Å². The van der Waals surface area contributed by atoms with Crippen molar-refractivity contribution in [2.75, 3.05) is 13.7 Å². The van der Waals surface area contributed by atoms with Crippen LogP contribution in [0, 0.1) is 5.82 Å². The number of alkyl halides is 1. The second-order valence-electron chi connectivity index (χ2n) is 3.93. The third-order valence-electron chi connectivity index (χ3n) is 2.65. The highest BCUT2D eigenvalue weighted by atomic mass is 79.9. The quantitative estimate of drug-likeness (QED) is 0.615. The smallest absolute Gasteiger partial charge is 0.131 e. The van der Waals surface area contributed by atoms with Gasteiger partial charge in [-0.05, 0) is 25.5 Å². The van der Waals surface area contributed by atoms with Gasteiger partial charge in [-0.25, -0.2) is 4.39 Å². The molecule has 0 aliphatic heterocycles. The number of halogens is 2. The molecule has 0 radical (unpaired) electrons. The van der Waals surface area contributed by atoms with E-state index in [0.717, 1.165) is 19.4 Å². The van der Waals surface area contributed by atoms with Crippen molar-refractivity contribution in [3.05, 3.63) is 29.6 Å². The van der Waals surface area contributed by atoms with Gasteiger partial charge >= 0.3 is 0 Å². The molecule has 1 aromatic carbocycles. The molecule has 1 aromatic rings. The molecular weight excluding hydrogens is 285 g/mol. The number of hydrogen-bond donors (Lipinski definition) is 1. The summed E-state index contributed by atoms with van der Waals surface area (Å²) >= 11 is 3.57. The molecule has 1 N–H and O–H groups in total. The Morgan fingerprint density at radius 3 is 2.82 bits per heavy atom. The van der Waals surface area contributed by atoms with Crippen LogP contribution in [0.1, 0.15) is 25.3 Å². The molecule has 1 unspecified atom stereocenters. The van der Waals surface area contributed by atoms with Crippen LogP contribution in [0.5, 0.6) is 5.75 Å². The van der Waals surface area contributed by atoms with E-state index in [1.165, 1.54) is 13.2 Å². The van der Waals surface area contributed by atoms with Crippen LogP contribution >= 0.6 is 15.9 Å². The Kier molecular flexibility index (Phi) is 6.52. The normalized spacial score (nSPS) is 12.5. The first-order chi connectivity index (χ1) is 8.17. The summed E-state index contributed by atoms with van der Waals surface area (Å²) in [5.74, 6) is 0.334. The van der Waals surface area contributed by atoms with Crippen LogP contribution in [0.15, 0.2) is 18.2 Å². The average molecular weight is 304 g/mol. The molecule has 17 heavy (non-hydrogen) atoms. The molecule has 0 amide bonds. The largest absolute Gasteiger partial charge is 0.497 e. The third-order valence-corrected chi connectivity index (χ3v) is 3.76. The van der Waals surface area contributed by atoms with Gasteiger partial charge in [-0.15, -0.1) is 0 Å². The summed E-state index contributed by atoms with van der Waals surface area (Å²) in [6, 6.07) is 4.95. The fourth-order valence-electron chi connectivity index (χ4n) is 1.48. The molecule has 0 aliphatic rings. The van der Waals surface area contributed by atoms with Crippen molar-refractivity contribution in [3.8, 4) is 5.75 Å². The summed E-state index contributed by atoms with van der Waals surface area (Å²) < 4.78 is 18.5. The number of methoxy groups -OCH3 is 1. The van der Waals surface area contributed by atoms with Crippen molar-refractivity contribution in [2.24, 2.45) is 0 Å². The molecule has 0 saturated heterocycles. The Balaban J connectivity index is 2.36. The van der Waals surface area contributed by atoms with Gasteiger partial charge in [-0.2, -0.15) is 0 Å². The van der Waals surface area contributed by atoms with Crippen molar-refractivity contribution < 1.29 is 9.13 Å². The fourth-order valence-corrected chi connectivity index (χ4v) is 1.71. The summed E-state index contributed by atoms with van der Waals surface area (Å²) in [4.78, 5) is 0.538. The Morgan fingerprint density at radius 2 is 2.24 bits per heavy atom. The van der Waals surface area contributed by atoms with E-state index in [0.29, 0.717) is 22.7 Å². The fraction of sp³-hybridized carbons (Fsp3) is 0.538. The van der Waals surface area contributed by atoms with E-state index in [9.17, 15) is 4.39 Å². The van der Waals surface area contributed by atoms with E-state index >= 15 is 0 Å². The molecule has 1 atom stereocenters. The molecule has 0 bridgehead atoms. The Hall–Kier alpha value is -0.610. The lowest BCUT2D eigenvalue weighted by Gasteiger charge is -2.09. The van der Waals surface area contributed by atoms with Crippen molar-refractivity contribution in [1.82, 2.24) is 5.32 Å². The van der Waals surface area contributed by atoms with E-state index in [1.54, 1.807) is 12.1 Å². The van der Waals surface area contributed by atoms with Gasteiger partial charge in [-0.3, -0.25) is 0 Å². The lowest BCUT2D eigenvalue weighted by molar-refractivity contribution is 0.410. The predicted octanol–water partition coefficient (Wildman–Crippen LogP) is 3.49. The van der Waals surface area contributed by atoms with Crippen molar-refractivity contribution in [3.63, 3.8) is 0 Å². The first-order valence-electron chi connectivity index (χ1n) is 5.84. The van der Waals surface area contributed by atoms with Gasteiger partial charge in [0.2, 0.25) is 0 Å². The Morgan fingerprint density at radius 1 is 1.47 bits per heavy atom. The van der Waals surface area contributed by atoms with Crippen LogP contribution in [0.2, 0.25) is 0 Å². The zero-order valence-corrected chi connectivity index (χ0v) is 11.9. The first-order valence-corrected chi connectivity index (χ1v) is 6.76. The summed E-state index contributed by atoms with van der Waals surface area (Å²) in [5, 5.41) is 3.23. The highest BCUT2D eigenvalue weighted by molar-refractivity contribution is 9.09. The van der Waals surface area contributed by atoms with Crippen LogP contribution < -0.4 is 10.1 Å². The van der Waals surface area contributed by atoms with E-state index in [-0.39, 0.29) is 5.82 Å². The molecule has 0 aliphatic carbocycles. The average Bonchev–Trinajstić information content (AvgIpc) is 2.35. The maximum Gasteiger partial charge on any atom is 0.131 e. The number of nitrogens with one attached hydrogen (secondary N) is 1. The lowest BCUT2D eigenvalue weighted by Crippen LogP contribution is -2.18. The van der Waals surface area contributed by atoms with Crippen LogP contribution in [-0.2, 0) is 6.54 Å². The summed E-state index contributed by atoms with van der Waals surface area (Å²) in [7, 11) is 1.54. The Labute approximate surface area is 111 Å². The maximum absolute atomic E-state index is 13.6. The van der Waals surface area contributed by atoms with Gasteiger partial charge in [0.25, 0.3) is 0 Å². The number of benzene rings is 1. The molecule has 0 saturated carbocycles. The van der Waals surface area contributed by atoms with Gasteiger partial charge in [0.05, 0.1) is 7.11 Å². The minimum atomic E-state index is -0.220. The van der Waals surface area contributed by atoms with Crippen molar-refractivity contribution >= 4 is 15.9 Å². The van der Waals surface area contributed by atoms with E-state index in [2.05, 4.69) is 28.2 Å². The van der Waals surface area contributed by atoms with Crippen LogP contribution in [0.3, 0.4) is 0 Å². The molecular formula is C13H19BrFNO. The topological polar surface area (TPSA) is 21.3 Å². The monoisotopic (exact) mass is 303 g/mol. The van der Waals surface area contributed by atoms with Gasteiger partial charge in [-0.1, -0.05) is 28.9 Å². The van der Waals surface area contributed by atoms with Gasteiger partial charge in [0.1, 0.15) is 11.6 Å². The SMILES string of the molecule is CCC(Br)CCNCc1ccc(OC)cc1F. The summed E-state index contributed by atoms with van der Waals surface area (Å²) in [6.45, 7) is 3.58. The van der Waals surface area contributed by atoms with Crippen LogP contribution in [0.4, 0.5) is 4.39 Å². The van der Waals surface area contributed by atoms with Crippen LogP contribution in [-0.4, -0.2) is 18.5 Å². The zero-order chi connectivity index (χ0) is 12.7. The maximum atomic E-state index is 13.6. The number of rotatable bonds is 7. The molecule has 0 aromatic heterocycles. The van der Waals surface area contributed by atoms with Crippen LogP contribution in [0.25, 0.3) is 0 Å². The highest BCUT2D eigenvalue weighted by Gasteiger charge is 2.04. The van der Waals surface area contributed by atoms with E-state index in [1.807, 2.05) is 0 Å².